The van der Waals surface area contributed by atoms with Gasteiger partial charge in [-0.2, -0.15) is 18.3 Å². The van der Waals surface area contributed by atoms with Crippen molar-refractivity contribution in [3.63, 3.8) is 0 Å². The molecule has 0 saturated carbocycles. The Morgan fingerprint density at radius 1 is 1.48 bits per heavy atom. The number of alkyl halides is 3. The molecular weight excluding hydrogens is 313 g/mol. The molecule has 0 aliphatic carbocycles. The smallest absolute Gasteiger partial charge is 0.337 e. The molecule has 1 aromatic heterocycles. The summed E-state index contributed by atoms with van der Waals surface area (Å²) in [5, 5.41) is 6.26. The van der Waals surface area contributed by atoms with Gasteiger partial charge in [0.15, 0.2) is 0 Å². The molecule has 1 aliphatic heterocycles. The number of nitrogens with one attached hydrogen (secondary N) is 1. The highest BCUT2D eigenvalue weighted by atomic mass is 19.4. The highest BCUT2D eigenvalue weighted by Crippen LogP contribution is 2.23. The van der Waals surface area contributed by atoms with Crippen molar-refractivity contribution in [1.82, 2.24) is 20.0 Å². The third kappa shape index (κ3) is 4.46. The Kier molecular flexibility index (Phi) is 5.27. The van der Waals surface area contributed by atoms with Gasteiger partial charge in [-0.25, -0.2) is 0 Å². The molecule has 1 atom stereocenters. The van der Waals surface area contributed by atoms with E-state index >= 15 is 0 Å². The van der Waals surface area contributed by atoms with Crippen LogP contribution in [0.25, 0.3) is 0 Å². The van der Waals surface area contributed by atoms with Gasteiger partial charge in [0.25, 0.3) is 5.91 Å². The summed E-state index contributed by atoms with van der Waals surface area (Å²) in [6.07, 6.45) is -1.91. The molecule has 0 radical (unpaired) electrons. The molecule has 23 heavy (non-hydrogen) atoms. The van der Waals surface area contributed by atoms with Gasteiger partial charge in [-0.3, -0.25) is 14.7 Å². The minimum Gasteiger partial charge on any atom is -0.337 e. The molecular formula is C14H19F3N4O2. The van der Waals surface area contributed by atoms with Crippen molar-refractivity contribution in [3.05, 3.63) is 18.0 Å². The molecule has 1 aliphatic rings. The number of carbonyl (C=O) groups excluding carboxylic acids is 2. The predicted octanol–water partition coefficient (Wildman–Crippen LogP) is 1.67. The maximum absolute atomic E-state index is 12.5. The molecule has 1 N–H and O–H groups in total. The molecule has 2 rings (SSSR count). The second-order valence-corrected chi connectivity index (χ2v) is 5.53. The van der Waals surface area contributed by atoms with E-state index in [-0.39, 0.29) is 19.0 Å². The summed E-state index contributed by atoms with van der Waals surface area (Å²) >= 11 is 0. The lowest BCUT2D eigenvalue weighted by atomic mass is 9.96. The van der Waals surface area contributed by atoms with Crippen LogP contribution in [0.4, 0.5) is 13.2 Å². The van der Waals surface area contributed by atoms with Gasteiger partial charge < -0.3 is 9.80 Å². The Labute approximate surface area is 131 Å². The van der Waals surface area contributed by atoms with Gasteiger partial charge in [0.05, 0.1) is 5.92 Å². The number of aromatic amines is 1. The molecule has 2 amide bonds. The Bertz CT molecular complexity index is 545. The third-order valence-electron chi connectivity index (χ3n) is 3.85. The van der Waals surface area contributed by atoms with Crippen LogP contribution in [0.2, 0.25) is 0 Å². The molecule has 1 saturated heterocycles. The zero-order chi connectivity index (χ0) is 17.0. The van der Waals surface area contributed by atoms with Crippen LogP contribution in [0.5, 0.6) is 0 Å². The van der Waals surface area contributed by atoms with Gasteiger partial charge in [-0.1, -0.05) is 0 Å². The Morgan fingerprint density at radius 2 is 2.22 bits per heavy atom. The maximum atomic E-state index is 12.5. The van der Waals surface area contributed by atoms with Crippen molar-refractivity contribution in [2.24, 2.45) is 5.92 Å². The Balaban J connectivity index is 2.02. The van der Waals surface area contributed by atoms with Crippen LogP contribution in [0, 0.1) is 5.92 Å². The minimum absolute atomic E-state index is 0.0106. The number of hydrogen-bond donors (Lipinski definition) is 1. The van der Waals surface area contributed by atoms with E-state index in [9.17, 15) is 22.8 Å². The van der Waals surface area contributed by atoms with Gasteiger partial charge in [-0.05, 0) is 25.8 Å². The fraction of sp³-hybridized carbons (Fsp3) is 0.643. The van der Waals surface area contributed by atoms with Gasteiger partial charge in [0.1, 0.15) is 12.2 Å². The van der Waals surface area contributed by atoms with Crippen molar-refractivity contribution in [2.75, 3.05) is 26.2 Å². The number of amides is 2. The number of nitrogens with zero attached hydrogens (tertiary/aromatic N) is 3. The van der Waals surface area contributed by atoms with Gasteiger partial charge >= 0.3 is 6.18 Å². The van der Waals surface area contributed by atoms with Crippen LogP contribution < -0.4 is 0 Å². The number of hydrogen-bond acceptors (Lipinski definition) is 3. The van der Waals surface area contributed by atoms with Crippen LogP contribution in [0.1, 0.15) is 30.3 Å². The second kappa shape index (κ2) is 7.01. The second-order valence-electron chi connectivity index (χ2n) is 5.53. The number of aromatic nitrogens is 2. The minimum atomic E-state index is -4.42. The predicted molar refractivity (Wildman–Crippen MR) is 75.5 cm³/mol. The van der Waals surface area contributed by atoms with Gasteiger partial charge in [-0.15, -0.1) is 0 Å². The van der Waals surface area contributed by atoms with E-state index in [0.717, 1.165) is 4.90 Å². The number of rotatable bonds is 4. The van der Waals surface area contributed by atoms with E-state index < -0.39 is 24.5 Å². The quantitative estimate of drug-likeness (QED) is 0.912. The molecule has 0 bridgehead atoms. The van der Waals surface area contributed by atoms with Crippen molar-refractivity contribution >= 4 is 11.8 Å². The van der Waals surface area contributed by atoms with Crippen LogP contribution in [-0.4, -0.2) is 64.2 Å². The number of H-pyrrole nitrogens is 1. The Hall–Kier alpha value is -2.06. The van der Waals surface area contributed by atoms with E-state index in [1.165, 1.54) is 24.1 Å². The van der Waals surface area contributed by atoms with Crippen LogP contribution in [-0.2, 0) is 4.79 Å². The van der Waals surface area contributed by atoms with Crippen LogP contribution >= 0.6 is 0 Å². The highest BCUT2D eigenvalue weighted by molar-refractivity contribution is 5.92. The van der Waals surface area contributed by atoms with Gasteiger partial charge in [0.2, 0.25) is 5.91 Å². The molecule has 1 aromatic rings. The lowest BCUT2D eigenvalue weighted by Crippen LogP contribution is -2.48. The number of likely N-dealkylation sites (tertiary alicyclic amines) is 1. The first-order valence-electron chi connectivity index (χ1n) is 7.46. The molecule has 6 nitrogen and oxygen atoms in total. The molecule has 2 heterocycles. The average Bonchev–Trinajstić information content (AvgIpc) is 3.05. The lowest BCUT2D eigenvalue weighted by molar-refractivity contribution is -0.164. The zero-order valence-electron chi connectivity index (χ0n) is 12.8. The molecule has 1 unspecified atom stereocenters. The highest BCUT2D eigenvalue weighted by Gasteiger charge is 2.36. The van der Waals surface area contributed by atoms with Crippen molar-refractivity contribution in [3.8, 4) is 0 Å². The first-order valence-corrected chi connectivity index (χ1v) is 7.46. The van der Waals surface area contributed by atoms with E-state index in [2.05, 4.69) is 10.2 Å². The standard InChI is InChI=1S/C14H19F3N4O2/c1-2-20(9-14(15,16)17)12(22)10-4-3-7-21(8-10)13(23)11-5-6-18-19-11/h5-6,10H,2-4,7-9H2,1H3,(H,18,19). The van der Waals surface area contributed by atoms with E-state index in [1.807, 2.05) is 0 Å². The van der Waals surface area contributed by atoms with E-state index in [1.54, 1.807) is 0 Å². The van der Waals surface area contributed by atoms with E-state index in [4.69, 9.17) is 0 Å². The molecule has 1 fully saturated rings. The number of carbonyl (C=O) groups is 2. The fourth-order valence-corrected chi connectivity index (χ4v) is 2.73. The van der Waals surface area contributed by atoms with Crippen LogP contribution in [0.15, 0.2) is 12.3 Å². The summed E-state index contributed by atoms with van der Waals surface area (Å²) in [5.41, 5.74) is 0.306. The molecule has 0 aromatic carbocycles. The van der Waals surface area contributed by atoms with E-state index in [0.29, 0.717) is 25.1 Å². The number of halogens is 3. The summed E-state index contributed by atoms with van der Waals surface area (Å²) in [7, 11) is 0. The van der Waals surface area contributed by atoms with Crippen molar-refractivity contribution in [2.45, 2.75) is 25.9 Å². The third-order valence-corrected chi connectivity index (χ3v) is 3.85. The molecule has 128 valence electrons. The summed E-state index contributed by atoms with van der Waals surface area (Å²) in [4.78, 5) is 26.9. The lowest BCUT2D eigenvalue weighted by Gasteiger charge is -2.34. The maximum Gasteiger partial charge on any atom is 0.406 e. The van der Waals surface area contributed by atoms with Crippen molar-refractivity contribution in [1.29, 1.82) is 0 Å². The molecule has 9 heteroatoms. The van der Waals surface area contributed by atoms with Crippen molar-refractivity contribution < 1.29 is 22.8 Å². The molecule has 0 spiro atoms. The van der Waals surface area contributed by atoms with Crippen LogP contribution in [0.3, 0.4) is 0 Å². The summed E-state index contributed by atoms with van der Waals surface area (Å²) in [5.74, 6) is -1.44. The monoisotopic (exact) mass is 332 g/mol. The Morgan fingerprint density at radius 3 is 2.78 bits per heavy atom. The summed E-state index contributed by atoms with van der Waals surface area (Å²) in [6, 6.07) is 1.52. The SMILES string of the molecule is CCN(CC(F)(F)F)C(=O)C1CCCN(C(=O)c2ccn[nH]2)C1. The zero-order valence-corrected chi connectivity index (χ0v) is 12.8. The topological polar surface area (TPSA) is 69.3 Å². The van der Waals surface area contributed by atoms with Gasteiger partial charge in [0, 0.05) is 25.8 Å². The average molecular weight is 332 g/mol. The summed E-state index contributed by atoms with van der Waals surface area (Å²) in [6.45, 7) is 0.856. The fourth-order valence-electron chi connectivity index (χ4n) is 2.73. The summed E-state index contributed by atoms with van der Waals surface area (Å²) < 4.78 is 37.6. The largest absolute Gasteiger partial charge is 0.406 e. The first kappa shape index (κ1) is 17.3. The first-order chi connectivity index (χ1) is 10.8. The normalized spacial score (nSPS) is 18.8. The number of piperidine rings is 1.